The smallest absolute Gasteiger partial charge is 0.253 e. The second kappa shape index (κ2) is 13.8. The second-order valence-electron chi connectivity index (χ2n) is 14.2. The first kappa shape index (κ1) is 32.3. The van der Waals surface area contributed by atoms with Crippen molar-refractivity contribution in [1.82, 2.24) is 29.2 Å². The highest BCUT2D eigenvalue weighted by Crippen LogP contribution is 2.38. The maximum absolute atomic E-state index is 13.6. The molecule has 10 nitrogen and oxygen atoms in total. The molecule has 2 amide bonds. The maximum atomic E-state index is 13.6. The highest BCUT2D eigenvalue weighted by Gasteiger charge is 2.33. The molecule has 0 bridgehead atoms. The standard InChI is InChI=1S/C40H46N8O2/c1-44-19-21-45(22-20-44)39-36(38(41)49)35(34-12-6-9-29-7-2-4-10-32(29)34)26-47(39)25-31-23-42-27-48(31)24-28-14-17-46(18-15-28)40(50)37-33-11-5-3-8-30(33)13-16-43-37/h2-12,23,26-28,37,43H,13-22,24-25H2,1H3,(H2,41,49). The summed E-state index contributed by atoms with van der Waals surface area (Å²) in [6.45, 7) is 7.20. The van der Waals surface area contributed by atoms with Crippen molar-refractivity contribution in [2.45, 2.75) is 38.4 Å². The van der Waals surface area contributed by atoms with Crippen molar-refractivity contribution in [1.29, 1.82) is 0 Å². The molecule has 2 saturated heterocycles. The summed E-state index contributed by atoms with van der Waals surface area (Å²) in [6, 6.07) is 22.6. The Balaban J connectivity index is 1.04. The Labute approximate surface area is 293 Å². The van der Waals surface area contributed by atoms with Crippen LogP contribution in [0.4, 0.5) is 5.82 Å². The fourth-order valence-corrected chi connectivity index (χ4v) is 8.27. The lowest BCUT2D eigenvalue weighted by molar-refractivity contribution is -0.135. The minimum absolute atomic E-state index is 0.190. The summed E-state index contributed by atoms with van der Waals surface area (Å²) in [6.07, 6.45) is 8.85. The van der Waals surface area contributed by atoms with E-state index in [1.807, 2.05) is 41.7 Å². The van der Waals surface area contributed by atoms with Gasteiger partial charge in [-0.25, -0.2) is 4.98 Å². The van der Waals surface area contributed by atoms with Crippen LogP contribution in [-0.2, 0) is 24.3 Å². The Morgan fingerprint density at radius 2 is 1.64 bits per heavy atom. The summed E-state index contributed by atoms with van der Waals surface area (Å²) in [5, 5.41) is 5.69. The Hall–Kier alpha value is -4.93. The number of primary amides is 1. The summed E-state index contributed by atoms with van der Waals surface area (Å²) in [4.78, 5) is 38.3. The first-order chi connectivity index (χ1) is 24.4. The molecule has 50 heavy (non-hydrogen) atoms. The average molecular weight is 671 g/mol. The largest absolute Gasteiger partial charge is 0.365 e. The van der Waals surface area contributed by atoms with Gasteiger partial charge in [0.25, 0.3) is 5.91 Å². The van der Waals surface area contributed by atoms with Gasteiger partial charge >= 0.3 is 0 Å². The van der Waals surface area contributed by atoms with E-state index in [1.165, 1.54) is 5.56 Å². The van der Waals surface area contributed by atoms with Gasteiger partial charge < -0.3 is 34.9 Å². The van der Waals surface area contributed by atoms with E-state index in [4.69, 9.17) is 5.73 Å². The van der Waals surface area contributed by atoms with E-state index in [0.29, 0.717) is 18.0 Å². The number of carbonyl (C=O) groups excluding carboxylic acids is 2. The van der Waals surface area contributed by atoms with Gasteiger partial charge in [-0.2, -0.15) is 0 Å². The van der Waals surface area contributed by atoms with E-state index in [2.05, 4.69) is 84.9 Å². The van der Waals surface area contributed by atoms with E-state index < -0.39 is 5.91 Å². The first-order valence-electron chi connectivity index (χ1n) is 18.0. The number of amides is 2. The van der Waals surface area contributed by atoms with Gasteiger partial charge in [0.05, 0.1) is 24.1 Å². The van der Waals surface area contributed by atoms with E-state index >= 15 is 0 Å². The molecule has 3 N–H and O–H groups in total. The fraction of sp³-hybridized carbons (Fsp3) is 0.375. The summed E-state index contributed by atoms with van der Waals surface area (Å²) in [7, 11) is 2.14. The molecule has 0 saturated carbocycles. The molecule has 2 aromatic heterocycles. The third-order valence-corrected chi connectivity index (χ3v) is 11.0. The average Bonchev–Trinajstić information content (AvgIpc) is 3.75. The number of aromatic nitrogens is 3. The van der Waals surface area contributed by atoms with Crippen LogP contribution in [0.3, 0.4) is 0 Å². The van der Waals surface area contributed by atoms with Gasteiger partial charge in [-0.3, -0.25) is 9.59 Å². The van der Waals surface area contributed by atoms with Crippen LogP contribution in [0.25, 0.3) is 21.9 Å². The Morgan fingerprint density at radius 3 is 2.46 bits per heavy atom. The molecule has 8 rings (SSSR count). The zero-order valence-electron chi connectivity index (χ0n) is 28.8. The highest BCUT2D eigenvalue weighted by atomic mass is 16.2. The van der Waals surface area contributed by atoms with Crippen LogP contribution in [0.2, 0.25) is 0 Å². The molecule has 3 aromatic carbocycles. The highest BCUT2D eigenvalue weighted by molar-refractivity contribution is 6.09. The number of carbonyl (C=O) groups is 2. The number of rotatable bonds is 8. The molecule has 0 aliphatic carbocycles. The number of nitrogens with two attached hydrogens (primary N) is 1. The number of hydrogen-bond acceptors (Lipinski definition) is 6. The number of hydrogen-bond donors (Lipinski definition) is 2. The number of benzene rings is 3. The lowest BCUT2D eigenvalue weighted by Gasteiger charge is -2.36. The third kappa shape index (κ3) is 6.18. The van der Waals surface area contributed by atoms with E-state index in [0.717, 1.165) is 111 Å². The second-order valence-corrected chi connectivity index (χ2v) is 14.2. The molecular formula is C40H46N8O2. The van der Waals surface area contributed by atoms with Gasteiger partial charge in [0.1, 0.15) is 11.9 Å². The number of piperidine rings is 1. The van der Waals surface area contributed by atoms with Crippen molar-refractivity contribution in [3.8, 4) is 11.1 Å². The van der Waals surface area contributed by atoms with Crippen LogP contribution in [-0.4, -0.2) is 88.6 Å². The number of likely N-dealkylation sites (tertiary alicyclic amines) is 1. The molecule has 5 heterocycles. The normalized spacial score (nSPS) is 18.8. The Morgan fingerprint density at radius 1 is 0.880 bits per heavy atom. The summed E-state index contributed by atoms with van der Waals surface area (Å²) in [5.74, 6) is 1.09. The molecule has 3 aliphatic heterocycles. The molecule has 0 spiro atoms. The zero-order valence-corrected chi connectivity index (χ0v) is 28.8. The monoisotopic (exact) mass is 670 g/mol. The number of fused-ring (bicyclic) bond motifs is 2. The lowest BCUT2D eigenvalue weighted by Crippen LogP contribution is -2.47. The van der Waals surface area contributed by atoms with Gasteiger partial charge in [0.15, 0.2) is 0 Å². The first-order valence-corrected chi connectivity index (χ1v) is 18.0. The molecule has 1 atom stereocenters. The molecular weight excluding hydrogens is 624 g/mol. The van der Waals surface area contributed by atoms with Crippen LogP contribution in [0.1, 0.15) is 46.1 Å². The van der Waals surface area contributed by atoms with Crippen LogP contribution in [0.5, 0.6) is 0 Å². The van der Waals surface area contributed by atoms with E-state index in [1.54, 1.807) is 0 Å². The topological polar surface area (TPSA) is 105 Å². The predicted octanol–water partition coefficient (Wildman–Crippen LogP) is 4.53. The Kier molecular flexibility index (Phi) is 8.89. The van der Waals surface area contributed by atoms with Crippen LogP contribution < -0.4 is 16.0 Å². The molecule has 2 fully saturated rings. The van der Waals surface area contributed by atoms with Crippen molar-refractivity contribution in [3.63, 3.8) is 0 Å². The number of anilines is 1. The lowest BCUT2D eigenvalue weighted by atomic mass is 9.91. The van der Waals surface area contributed by atoms with Gasteiger partial charge in [-0.05, 0) is 59.7 Å². The molecule has 10 heteroatoms. The van der Waals surface area contributed by atoms with E-state index in [-0.39, 0.29) is 11.9 Å². The quantitative estimate of drug-likeness (QED) is 0.252. The van der Waals surface area contributed by atoms with Crippen LogP contribution >= 0.6 is 0 Å². The SMILES string of the molecule is CN1CCN(c2c(C(N)=O)c(-c3cccc4ccccc34)cn2Cc2cncn2CC2CCN(C(=O)C3NCCc4ccccc43)CC2)CC1. The minimum atomic E-state index is -0.414. The van der Waals surface area contributed by atoms with Gasteiger partial charge in [0.2, 0.25) is 5.91 Å². The number of imidazole rings is 1. The van der Waals surface area contributed by atoms with Crippen molar-refractivity contribution in [2.24, 2.45) is 11.7 Å². The number of nitrogens with zero attached hydrogens (tertiary/aromatic N) is 6. The predicted molar refractivity (Wildman–Crippen MR) is 197 cm³/mol. The van der Waals surface area contributed by atoms with E-state index in [9.17, 15) is 9.59 Å². The minimum Gasteiger partial charge on any atom is -0.365 e. The number of nitrogens with one attached hydrogen (secondary N) is 1. The molecule has 3 aliphatic rings. The summed E-state index contributed by atoms with van der Waals surface area (Å²) < 4.78 is 4.47. The molecule has 258 valence electrons. The van der Waals surface area contributed by atoms with Gasteiger partial charge in [-0.1, -0.05) is 66.7 Å². The summed E-state index contributed by atoms with van der Waals surface area (Å²) in [5.41, 5.74) is 12.2. The van der Waals surface area contributed by atoms with Crippen molar-refractivity contribution in [2.75, 3.05) is 57.8 Å². The molecule has 5 aromatic rings. The van der Waals surface area contributed by atoms with Gasteiger partial charge in [-0.15, -0.1) is 0 Å². The molecule has 1 unspecified atom stereocenters. The fourth-order valence-electron chi connectivity index (χ4n) is 8.27. The van der Waals surface area contributed by atoms with Gasteiger partial charge in [0, 0.05) is 70.3 Å². The zero-order chi connectivity index (χ0) is 34.2. The van der Waals surface area contributed by atoms with Crippen molar-refractivity contribution in [3.05, 3.63) is 108 Å². The maximum Gasteiger partial charge on any atom is 0.253 e. The number of piperazine rings is 1. The van der Waals surface area contributed by atoms with Crippen molar-refractivity contribution < 1.29 is 9.59 Å². The molecule has 0 radical (unpaired) electrons. The van der Waals surface area contributed by atoms with Crippen molar-refractivity contribution >= 4 is 28.4 Å². The van der Waals surface area contributed by atoms with Crippen LogP contribution in [0.15, 0.2) is 85.5 Å². The van der Waals surface area contributed by atoms with Crippen LogP contribution in [0, 0.1) is 5.92 Å². The Bertz CT molecular complexity index is 2010. The summed E-state index contributed by atoms with van der Waals surface area (Å²) >= 11 is 0. The number of likely N-dealkylation sites (N-methyl/N-ethyl adjacent to an activating group) is 1. The third-order valence-electron chi connectivity index (χ3n) is 11.0.